The molecule has 1 saturated heterocycles. The van der Waals surface area contributed by atoms with E-state index in [1.807, 2.05) is 13.0 Å². The maximum atomic E-state index is 12.0. The predicted molar refractivity (Wildman–Crippen MR) is 135 cm³/mol. The van der Waals surface area contributed by atoms with Crippen LogP contribution in [-0.4, -0.2) is 86.7 Å². The molecule has 1 aromatic carbocycles. The number of rotatable bonds is 7. The average Bonchev–Trinajstić information content (AvgIpc) is 3.59. The zero-order valence-corrected chi connectivity index (χ0v) is 22.6. The Labute approximate surface area is 227 Å². The molecule has 0 aliphatic carbocycles. The fraction of sp³-hybridized carbons (Fsp3) is 0.333. The maximum Gasteiger partial charge on any atom is 0.296 e. The van der Waals surface area contributed by atoms with E-state index in [0.29, 0.717) is 30.4 Å². The van der Waals surface area contributed by atoms with Gasteiger partial charge in [0.2, 0.25) is 5.65 Å². The van der Waals surface area contributed by atoms with Crippen LogP contribution in [0.4, 0.5) is 11.5 Å². The molecule has 1 unspecified atom stereocenters. The quantitative estimate of drug-likeness (QED) is 0.206. The lowest BCUT2D eigenvalue weighted by molar-refractivity contribution is 0.0178. The first-order valence-corrected chi connectivity index (χ1v) is 14.5. The molecule has 3 aromatic heterocycles. The summed E-state index contributed by atoms with van der Waals surface area (Å²) in [5.41, 5.74) is 0.530. The van der Waals surface area contributed by atoms with Gasteiger partial charge in [0.15, 0.2) is 17.3 Å². The van der Waals surface area contributed by atoms with Crippen molar-refractivity contribution in [3.8, 4) is 11.8 Å². The number of nitriles is 1. The number of benzene rings is 1. The lowest BCUT2D eigenvalue weighted by Crippen LogP contribution is -2.38. The SMILES string of the molecule is Cc1[nH]n2c(C(C)N3CCOCC3)nnc2c1N=Nc1c(C#N)cnn1-c1cc(S(=O)(=O)O)ccc1S(=O)(=O)O. The van der Waals surface area contributed by atoms with Gasteiger partial charge in [-0.3, -0.25) is 19.1 Å². The van der Waals surface area contributed by atoms with Crippen molar-refractivity contribution in [3.05, 3.63) is 41.5 Å². The highest BCUT2D eigenvalue weighted by Crippen LogP contribution is 2.33. The first kappa shape index (κ1) is 27.5. The Morgan fingerprint density at radius 1 is 1.12 bits per heavy atom. The Bertz CT molecular complexity index is 1890. The summed E-state index contributed by atoms with van der Waals surface area (Å²) in [5.74, 6) is 0.351. The number of ether oxygens (including phenoxy) is 1. The molecule has 0 amide bonds. The number of hydrogen-bond donors (Lipinski definition) is 3. The molecule has 5 rings (SSSR count). The molecule has 4 aromatic rings. The Kier molecular flexibility index (Phi) is 6.99. The van der Waals surface area contributed by atoms with Gasteiger partial charge in [0.1, 0.15) is 16.5 Å². The first-order valence-electron chi connectivity index (χ1n) is 11.6. The molecule has 0 radical (unpaired) electrons. The van der Waals surface area contributed by atoms with E-state index in [1.165, 1.54) is 0 Å². The standard InChI is InChI=1S/C21H22N10O7S2/c1-12-18(21-27-25-19(31(21)28-12)13(2)29-5-7-38-8-6-29)24-26-20-14(10-22)11-23-30(20)16-9-15(39(32,33)34)3-4-17(16)40(35,36)37/h3-4,9,11,13,28H,5-8H2,1-2H3,(H,32,33,34)(H,35,36,37). The number of fused-ring (bicyclic) bond motifs is 1. The third kappa shape index (κ3) is 4.99. The van der Waals surface area contributed by atoms with Crippen LogP contribution < -0.4 is 0 Å². The zero-order valence-electron chi connectivity index (χ0n) is 21.0. The molecular formula is C21H22N10O7S2. The van der Waals surface area contributed by atoms with Crippen LogP contribution in [0.1, 0.15) is 30.0 Å². The average molecular weight is 591 g/mol. The maximum absolute atomic E-state index is 12.0. The second kappa shape index (κ2) is 10.2. The second-order valence-corrected chi connectivity index (χ2v) is 11.6. The fourth-order valence-electron chi connectivity index (χ4n) is 4.30. The van der Waals surface area contributed by atoms with Crippen LogP contribution in [0.3, 0.4) is 0 Å². The molecule has 3 N–H and O–H groups in total. The van der Waals surface area contributed by atoms with E-state index in [4.69, 9.17) is 4.74 Å². The molecule has 19 heteroatoms. The van der Waals surface area contributed by atoms with Crippen molar-refractivity contribution in [2.24, 2.45) is 10.2 Å². The van der Waals surface area contributed by atoms with Crippen LogP contribution in [0, 0.1) is 18.3 Å². The number of azo groups is 1. The smallest absolute Gasteiger partial charge is 0.296 e. The number of nitrogens with zero attached hydrogens (tertiary/aromatic N) is 9. The van der Waals surface area contributed by atoms with Crippen molar-refractivity contribution >= 4 is 37.4 Å². The van der Waals surface area contributed by atoms with Gasteiger partial charge in [-0.05, 0) is 32.0 Å². The van der Waals surface area contributed by atoms with Crippen molar-refractivity contribution < 1.29 is 30.7 Å². The molecule has 4 heterocycles. The minimum Gasteiger partial charge on any atom is -0.379 e. The number of hydrogen-bond acceptors (Lipinski definition) is 12. The summed E-state index contributed by atoms with van der Waals surface area (Å²) in [5, 5.41) is 33.6. The molecule has 210 valence electrons. The normalized spacial score (nSPS) is 16.1. The Morgan fingerprint density at radius 2 is 1.85 bits per heavy atom. The van der Waals surface area contributed by atoms with Crippen LogP contribution >= 0.6 is 0 Å². The minimum atomic E-state index is -4.90. The number of morpholine rings is 1. The lowest BCUT2D eigenvalue weighted by atomic mass is 10.2. The van der Waals surface area contributed by atoms with E-state index in [9.17, 15) is 31.2 Å². The molecule has 0 spiro atoms. The van der Waals surface area contributed by atoms with Gasteiger partial charge in [0, 0.05) is 13.1 Å². The molecule has 40 heavy (non-hydrogen) atoms. The third-order valence-corrected chi connectivity index (χ3v) is 8.10. The number of nitrogens with one attached hydrogen (secondary N) is 1. The molecule has 0 bridgehead atoms. The highest BCUT2D eigenvalue weighted by atomic mass is 32.2. The van der Waals surface area contributed by atoms with E-state index < -0.39 is 35.7 Å². The van der Waals surface area contributed by atoms with E-state index in [-0.39, 0.29) is 23.1 Å². The molecule has 1 fully saturated rings. The first-order chi connectivity index (χ1) is 18.9. The van der Waals surface area contributed by atoms with Crippen LogP contribution in [0.15, 0.2) is 44.4 Å². The summed E-state index contributed by atoms with van der Waals surface area (Å²) in [7, 11) is -9.66. The van der Waals surface area contributed by atoms with Gasteiger partial charge in [-0.25, -0.2) is 9.20 Å². The van der Waals surface area contributed by atoms with Crippen LogP contribution in [0.25, 0.3) is 11.3 Å². The predicted octanol–water partition coefficient (Wildman–Crippen LogP) is 1.73. The highest BCUT2D eigenvalue weighted by Gasteiger charge is 2.27. The topological polar surface area (TPSA) is 234 Å². The summed E-state index contributed by atoms with van der Waals surface area (Å²) in [6, 6.07) is 4.09. The van der Waals surface area contributed by atoms with Gasteiger partial charge < -0.3 is 4.74 Å². The monoisotopic (exact) mass is 590 g/mol. The number of aromatic nitrogens is 6. The molecule has 1 atom stereocenters. The summed E-state index contributed by atoms with van der Waals surface area (Å²) >= 11 is 0. The fourth-order valence-corrected chi connectivity index (χ4v) is 5.45. The summed E-state index contributed by atoms with van der Waals surface area (Å²) in [6.45, 7) is 6.39. The molecule has 17 nitrogen and oxygen atoms in total. The van der Waals surface area contributed by atoms with E-state index in [0.717, 1.165) is 42.2 Å². The Balaban J connectivity index is 1.60. The van der Waals surface area contributed by atoms with Gasteiger partial charge in [0.05, 0.1) is 41.7 Å². The highest BCUT2D eigenvalue weighted by molar-refractivity contribution is 7.86. The Hall–Kier alpha value is -4.06. The number of aromatic amines is 1. The van der Waals surface area contributed by atoms with E-state index >= 15 is 0 Å². The van der Waals surface area contributed by atoms with Crippen molar-refractivity contribution in [3.63, 3.8) is 0 Å². The number of H-pyrrole nitrogens is 1. The second-order valence-electron chi connectivity index (χ2n) is 8.81. The van der Waals surface area contributed by atoms with Gasteiger partial charge in [0.25, 0.3) is 20.2 Å². The molecule has 0 saturated carbocycles. The lowest BCUT2D eigenvalue weighted by Gasteiger charge is -2.30. The van der Waals surface area contributed by atoms with E-state index in [2.05, 4.69) is 35.5 Å². The van der Waals surface area contributed by atoms with Crippen LogP contribution in [-0.2, 0) is 25.0 Å². The van der Waals surface area contributed by atoms with Crippen LogP contribution in [0.2, 0.25) is 0 Å². The van der Waals surface area contributed by atoms with Crippen molar-refractivity contribution in [1.82, 2.24) is 34.5 Å². The molecular weight excluding hydrogens is 568 g/mol. The summed E-state index contributed by atoms with van der Waals surface area (Å²) < 4.78 is 74.6. The van der Waals surface area contributed by atoms with Crippen LogP contribution in [0.5, 0.6) is 0 Å². The largest absolute Gasteiger partial charge is 0.379 e. The summed E-state index contributed by atoms with van der Waals surface area (Å²) in [4.78, 5) is 0.770. The van der Waals surface area contributed by atoms with E-state index in [1.54, 1.807) is 11.4 Å². The Morgan fingerprint density at radius 3 is 2.50 bits per heavy atom. The minimum absolute atomic E-state index is 0.0951. The molecule has 1 aliphatic rings. The molecule has 1 aliphatic heterocycles. The van der Waals surface area contributed by atoms with Gasteiger partial charge >= 0.3 is 0 Å². The number of aryl methyl sites for hydroxylation is 1. The summed E-state index contributed by atoms with van der Waals surface area (Å²) in [6.07, 6.45) is 1.06. The van der Waals surface area contributed by atoms with Crippen molar-refractivity contribution in [2.45, 2.75) is 29.7 Å². The van der Waals surface area contributed by atoms with Crippen molar-refractivity contribution in [1.29, 1.82) is 5.26 Å². The van der Waals surface area contributed by atoms with Gasteiger partial charge in [-0.15, -0.1) is 20.4 Å². The van der Waals surface area contributed by atoms with Gasteiger partial charge in [-0.2, -0.15) is 27.2 Å². The van der Waals surface area contributed by atoms with Gasteiger partial charge in [-0.1, -0.05) is 0 Å². The third-order valence-electron chi connectivity index (χ3n) is 6.35. The van der Waals surface area contributed by atoms with Crippen molar-refractivity contribution in [2.75, 3.05) is 26.3 Å². The zero-order chi connectivity index (χ0) is 28.8.